The van der Waals surface area contributed by atoms with E-state index in [-0.39, 0.29) is 10.6 Å². The molecule has 0 spiro atoms. The van der Waals surface area contributed by atoms with Crippen molar-refractivity contribution in [3.05, 3.63) is 91.4 Å². The third-order valence-electron chi connectivity index (χ3n) is 4.08. The predicted octanol–water partition coefficient (Wildman–Crippen LogP) is 7.19. The standard InChI is InChI=1S/C21H15Cl4NO3/c22-14-2-6-20(29-11-12-1-4-18(24)19(25)7-12)13(8-14)10-26-15-3-5-17(23)16(9-15)21(27)28/h1-9,26H,10-11H2,(H,27,28). The number of hydrogen-bond acceptors (Lipinski definition) is 3. The fourth-order valence-electron chi connectivity index (χ4n) is 2.61. The van der Waals surface area contributed by atoms with Crippen molar-refractivity contribution in [3.8, 4) is 5.75 Å². The van der Waals surface area contributed by atoms with Crippen LogP contribution < -0.4 is 10.1 Å². The molecule has 0 saturated carbocycles. The van der Waals surface area contributed by atoms with E-state index >= 15 is 0 Å². The second-order valence-corrected chi connectivity index (χ2v) is 7.80. The molecule has 4 nitrogen and oxygen atoms in total. The number of benzene rings is 3. The molecule has 0 aliphatic rings. The number of anilines is 1. The Balaban J connectivity index is 1.74. The quantitative estimate of drug-likeness (QED) is 0.383. The van der Waals surface area contributed by atoms with Gasteiger partial charge in [0.05, 0.1) is 20.6 Å². The molecule has 0 fully saturated rings. The topological polar surface area (TPSA) is 58.6 Å². The van der Waals surface area contributed by atoms with E-state index < -0.39 is 5.97 Å². The molecule has 0 amide bonds. The number of halogens is 4. The molecule has 0 aliphatic carbocycles. The molecule has 0 aromatic heterocycles. The van der Waals surface area contributed by atoms with E-state index in [1.165, 1.54) is 12.1 Å². The molecule has 0 unspecified atom stereocenters. The summed E-state index contributed by atoms with van der Waals surface area (Å²) in [5, 5.41) is 14.1. The molecule has 0 bridgehead atoms. The Kier molecular flexibility index (Phi) is 7.14. The van der Waals surface area contributed by atoms with Crippen molar-refractivity contribution >= 4 is 58.1 Å². The monoisotopic (exact) mass is 469 g/mol. The average molecular weight is 471 g/mol. The Morgan fingerprint density at radius 3 is 2.38 bits per heavy atom. The first-order valence-electron chi connectivity index (χ1n) is 8.45. The highest BCUT2D eigenvalue weighted by Crippen LogP contribution is 2.27. The summed E-state index contributed by atoms with van der Waals surface area (Å²) in [6.45, 7) is 0.674. The lowest BCUT2D eigenvalue weighted by atomic mass is 10.1. The van der Waals surface area contributed by atoms with Crippen LogP contribution in [0.5, 0.6) is 5.75 Å². The number of carboxylic acids is 1. The molecule has 3 rings (SSSR count). The summed E-state index contributed by atoms with van der Waals surface area (Å²) in [5.74, 6) is -0.451. The second-order valence-electron chi connectivity index (χ2n) is 6.14. The van der Waals surface area contributed by atoms with Crippen LogP contribution in [0.3, 0.4) is 0 Å². The Bertz CT molecular complexity index is 1060. The van der Waals surface area contributed by atoms with Gasteiger partial charge in [-0.3, -0.25) is 0 Å². The predicted molar refractivity (Wildman–Crippen MR) is 118 cm³/mol. The number of nitrogens with one attached hydrogen (secondary N) is 1. The first kappa shape index (κ1) is 21.6. The van der Waals surface area contributed by atoms with E-state index in [2.05, 4.69) is 5.32 Å². The van der Waals surface area contributed by atoms with E-state index in [9.17, 15) is 9.90 Å². The maximum Gasteiger partial charge on any atom is 0.337 e. The molecule has 0 heterocycles. The minimum Gasteiger partial charge on any atom is -0.489 e. The molecule has 3 aromatic carbocycles. The van der Waals surface area contributed by atoms with Gasteiger partial charge in [-0.25, -0.2) is 4.79 Å². The number of ether oxygens (including phenoxy) is 1. The van der Waals surface area contributed by atoms with Crippen LogP contribution in [-0.4, -0.2) is 11.1 Å². The van der Waals surface area contributed by atoms with Gasteiger partial charge in [0, 0.05) is 22.8 Å². The number of carboxylic acid groups (broad SMARTS) is 1. The molecule has 8 heteroatoms. The normalized spacial score (nSPS) is 10.6. The van der Waals surface area contributed by atoms with E-state index in [0.717, 1.165) is 11.1 Å². The highest BCUT2D eigenvalue weighted by Gasteiger charge is 2.11. The summed E-state index contributed by atoms with van der Waals surface area (Å²) >= 11 is 24.0. The van der Waals surface area contributed by atoms with Gasteiger partial charge in [-0.1, -0.05) is 52.5 Å². The van der Waals surface area contributed by atoms with E-state index in [4.69, 9.17) is 51.1 Å². The Morgan fingerprint density at radius 2 is 1.66 bits per heavy atom. The first-order chi connectivity index (χ1) is 13.8. The summed E-state index contributed by atoms with van der Waals surface area (Å²) in [6, 6.07) is 15.3. The van der Waals surface area contributed by atoms with Crippen molar-refractivity contribution in [2.75, 3.05) is 5.32 Å². The van der Waals surface area contributed by atoms with Gasteiger partial charge in [-0.2, -0.15) is 0 Å². The highest BCUT2D eigenvalue weighted by atomic mass is 35.5. The van der Waals surface area contributed by atoms with E-state index in [1.807, 2.05) is 6.07 Å². The number of carbonyl (C=O) groups is 1. The molecule has 29 heavy (non-hydrogen) atoms. The first-order valence-corrected chi connectivity index (χ1v) is 9.96. The number of aromatic carboxylic acids is 1. The van der Waals surface area contributed by atoms with Gasteiger partial charge < -0.3 is 15.2 Å². The molecular formula is C21H15Cl4NO3. The number of rotatable bonds is 7. The van der Waals surface area contributed by atoms with Crippen molar-refractivity contribution in [1.29, 1.82) is 0 Å². The van der Waals surface area contributed by atoms with Crippen molar-refractivity contribution in [2.45, 2.75) is 13.2 Å². The fourth-order valence-corrected chi connectivity index (χ4v) is 3.33. The number of hydrogen-bond donors (Lipinski definition) is 2. The van der Waals surface area contributed by atoms with Gasteiger partial charge in [-0.05, 0) is 54.1 Å². The van der Waals surface area contributed by atoms with E-state index in [0.29, 0.717) is 39.7 Å². The van der Waals surface area contributed by atoms with Crippen LogP contribution in [0, 0.1) is 0 Å². The summed E-state index contributed by atoms with van der Waals surface area (Å²) in [7, 11) is 0. The van der Waals surface area contributed by atoms with Gasteiger partial charge in [0.2, 0.25) is 0 Å². The Morgan fingerprint density at radius 1 is 0.897 bits per heavy atom. The minimum absolute atomic E-state index is 0.0267. The zero-order valence-electron chi connectivity index (χ0n) is 14.9. The van der Waals surface area contributed by atoms with Crippen LogP contribution >= 0.6 is 46.4 Å². The van der Waals surface area contributed by atoms with Crippen molar-refractivity contribution in [2.24, 2.45) is 0 Å². The largest absolute Gasteiger partial charge is 0.489 e. The zero-order valence-corrected chi connectivity index (χ0v) is 17.9. The molecule has 2 N–H and O–H groups in total. The fraction of sp³-hybridized carbons (Fsp3) is 0.0952. The summed E-state index contributed by atoms with van der Waals surface area (Å²) in [4.78, 5) is 11.2. The third kappa shape index (κ3) is 5.71. The van der Waals surface area contributed by atoms with Gasteiger partial charge >= 0.3 is 5.97 Å². The molecule has 3 aromatic rings. The van der Waals surface area contributed by atoms with E-state index in [1.54, 1.807) is 36.4 Å². The summed E-state index contributed by atoms with van der Waals surface area (Å²) in [6.07, 6.45) is 0. The second kappa shape index (κ2) is 9.59. The molecular weight excluding hydrogens is 456 g/mol. The maximum absolute atomic E-state index is 11.2. The molecule has 0 saturated heterocycles. The van der Waals surface area contributed by atoms with Crippen molar-refractivity contribution in [1.82, 2.24) is 0 Å². The van der Waals surface area contributed by atoms with Gasteiger partial charge in [0.25, 0.3) is 0 Å². The molecule has 0 radical (unpaired) electrons. The SMILES string of the molecule is O=C(O)c1cc(NCc2cc(Cl)ccc2OCc2ccc(Cl)c(Cl)c2)ccc1Cl. The summed E-state index contributed by atoms with van der Waals surface area (Å²) < 4.78 is 5.93. The maximum atomic E-state index is 11.2. The van der Waals surface area contributed by atoms with Crippen molar-refractivity contribution < 1.29 is 14.6 Å². The molecule has 0 aliphatic heterocycles. The zero-order chi connectivity index (χ0) is 21.0. The summed E-state index contributed by atoms with van der Waals surface area (Å²) in [5.41, 5.74) is 2.32. The van der Waals surface area contributed by atoms with Crippen LogP contribution in [0.4, 0.5) is 5.69 Å². The lowest BCUT2D eigenvalue weighted by Crippen LogP contribution is -2.05. The third-order valence-corrected chi connectivity index (χ3v) is 5.38. The Labute approximate surface area is 187 Å². The van der Waals surface area contributed by atoms with Gasteiger partial charge in [0.15, 0.2) is 0 Å². The smallest absolute Gasteiger partial charge is 0.337 e. The van der Waals surface area contributed by atoms with Crippen LogP contribution in [-0.2, 0) is 13.2 Å². The minimum atomic E-state index is -1.09. The Hall–Kier alpha value is -2.11. The van der Waals surface area contributed by atoms with Gasteiger partial charge in [-0.15, -0.1) is 0 Å². The van der Waals surface area contributed by atoms with Crippen LogP contribution in [0.1, 0.15) is 21.5 Å². The lowest BCUT2D eigenvalue weighted by molar-refractivity contribution is 0.0697. The van der Waals surface area contributed by atoms with Crippen molar-refractivity contribution in [3.63, 3.8) is 0 Å². The van der Waals surface area contributed by atoms with Crippen LogP contribution in [0.15, 0.2) is 54.6 Å². The lowest BCUT2D eigenvalue weighted by Gasteiger charge is -2.14. The van der Waals surface area contributed by atoms with Gasteiger partial charge in [0.1, 0.15) is 12.4 Å². The van der Waals surface area contributed by atoms with Crippen LogP contribution in [0.2, 0.25) is 20.1 Å². The average Bonchev–Trinajstić information content (AvgIpc) is 2.69. The molecule has 0 atom stereocenters. The highest BCUT2D eigenvalue weighted by molar-refractivity contribution is 6.42. The van der Waals surface area contributed by atoms with Crippen LogP contribution in [0.25, 0.3) is 0 Å². The molecule has 150 valence electrons.